The van der Waals surface area contributed by atoms with Gasteiger partial charge in [-0.3, -0.25) is 14.9 Å². The monoisotopic (exact) mass is 489 g/mol. The van der Waals surface area contributed by atoms with Crippen LogP contribution in [0.25, 0.3) is 0 Å². The second kappa shape index (κ2) is 9.34. The first-order valence-corrected chi connectivity index (χ1v) is 9.72. The Morgan fingerprint density at radius 2 is 1.94 bits per heavy atom. The predicted molar refractivity (Wildman–Crippen MR) is 114 cm³/mol. The Morgan fingerprint density at radius 3 is 2.58 bits per heavy atom. The van der Waals surface area contributed by atoms with Gasteiger partial charge in [0.05, 0.1) is 34.5 Å². The van der Waals surface area contributed by atoms with Crippen molar-refractivity contribution in [2.24, 2.45) is 0 Å². The van der Waals surface area contributed by atoms with E-state index < -0.39 is 15.8 Å². The molecule has 0 fully saturated rings. The summed E-state index contributed by atoms with van der Waals surface area (Å²) in [5.41, 5.74) is 0.906. The first-order chi connectivity index (χ1) is 14.7. The molecule has 160 valence electrons. The summed E-state index contributed by atoms with van der Waals surface area (Å²) in [4.78, 5) is 33.2. The standard InChI is InChI=1S/C19H16BrN5O6/c1-12-3-2-4-15(7-12)31-16-9-13(8-14(10-16)24(27)28)21-18(26)5-6-23-11-17(20)19(22-23)25(29)30/h2-4,7-11H,5-6H2,1H3,(H,21,26). The minimum absolute atomic E-state index is 0.0535. The average Bonchev–Trinajstić information content (AvgIpc) is 3.07. The maximum absolute atomic E-state index is 12.3. The minimum atomic E-state index is -0.639. The maximum atomic E-state index is 12.3. The lowest BCUT2D eigenvalue weighted by molar-refractivity contribution is -0.390. The van der Waals surface area contributed by atoms with Gasteiger partial charge in [-0.2, -0.15) is 4.68 Å². The van der Waals surface area contributed by atoms with Gasteiger partial charge in [-0.05, 0) is 45.5 Å². The van der Waals surface area contributed by atoms with Gasteiger partial charge in [0, 0.05) is 18.6 Å². The Hall–Kier alpha value is -3.80. The number of benzene rings is 2. The van der Waals surface area contributed by atoms with Crippen molar-refractivity contribution in [1.82, 2.24) is 9.78 Å². The summed E-state index contributed by atoms with van der Waals surface area (Å²) in [6.07, 6.45) is 1.34. The number of hydrogen-bond donors (Lipinski definition) is 1. The van der Waals surface area contributed by atoms with Crippen molar-refractivity contribution in [3.8, 4) is 11.5 Å². The lowest BCUT2D eigenvalue weighted by Crippen LogP contribution is -2.15. The first kappa shape index (κ1) is 21.9. The second-order valence-corrected chi connectivity index (χ2v) is 7.36. The fourth-order valence-electron chi connectivity index (χ4n) is 2.70. The number of nitrogens with zero attached hydrogens (tertiary/aromatic N) is 4. The molecular formula is C19H16BrN5O6. The molecule has 0 aliphatic carbocycles. The number of hydrogen-bond acceptors (Lipinski definition) is 7. The van der Waals surface area contributed by atoms with E-state index in [4.69, 9.17) is 4.74 Å². The molecule has 3 rings (SSSR count). The quantitative estimate of drug-likeness (QED) is 0.359. The Bertz CT molecular complexity index is 1160. The molecule has 2 aromatic carbocycles. The van der Waals surface area contributed by atoms with E-state index in [1.807, 2.05) is 13.0 Å². The van der Waals surface area contributed by atoms with Crippen LogP contribution in [-0.2, 0) is 11.3 Å². The van der Waals surface area contributed by atoms with E-state index in [1.165, 1.54) is 29.1 Å². The SMILES string of the molecule is Cc1cccc(Oc2cc(NC(=O)CCn3cc(Br)c([N+](=O)[O-])n3)cc([N+](=O)[O-])c2)c1. The van der Waals surface area contributed by atoms with Gasteiger partial charge < -0.3 is 20.2 Å². The average molecular weight is 490 g/mol. The number of amides is 1. The predicted octanol–water partition coefficient (Wildman–Crippen LogP) is 4.59. The van der Waals surface area contributed by atoms with E-state index in [2.05, 4.69) is 26.3 Å². The number of rotatable bonds is 8. The number of halogens is 1. The van der Waals surface area contributed by atoms with Crippen LogP contribution in [0.4, 0.5) is 17.2 Å². The summed E-state index contributed by atoms with van der Waals surface area (Å²) in [7, 11) is 0. The zero-order valence-electron chi connectivity index (χ0n) is 16.1. The zero-order valence-corrected chi connectivity index (χ0v) is 17.7. The van der Waals surface area contributed by atoms with Gasteiger partial charge in [0.15, 0.2) is 0 Å². The molecule has 0 unspecified atom stereocenters. The highest BCUT2D eigenvalue weighted by atomic mass is 79.9. The molecule has 3 aromatic rings. The lowest BCUT2D eigenvalue weighted by Gasteiger charge is -2.10. The molecule has 0 atom stereocenters. The molecule has 0 spiro atoms. The van der Waals surface area contributed by atoms with E-state index in [1.54, 1.807) is 18.2 Å². The summed E-state index contributed by atoms with van der Waals surface area (Å²) < 4.78 is 7.17. The number of nitro benzene ring substituents is 1. The smallest absolute Gasteiger partial charge is 0.404 e. The van der Waals surface area contributed by atoms with Crippen molar-refractivity contribution in [3.05, 3.63) is 78.9 Å². The number of aromatic nitrogens is 2. The van der Waals surface area contributed by atoms with Crippen LogP contribution in [-0.4, -0.2) is 25.5 Å². The number of carbonyl (C=O) groups excluding carboxylic acids is 1. The molecule has 31 heavy (non-hydrogen) atoms. The van der Waals surface area contributed by atoms with Gasteiger partial charge in [-0.15, -0.1) is 0 Å². The third-order valence-corrected chi connectivity index (χ3v) is 4.61. The van der Waals surface area contributed by atoms with Crippen LogP contribution in [0.2, 0.25) is 0 Å². The topological polar surface area (TPSA) is 142 Å². The third kappa shape index (κ3) is 5.85. The van der Waals surface area contributed by atoms with E-state index in [0.29, 0.717) is 5.75 Å². The largest absolute Gasteiger partial charge is 0.457 e. The molecule has 0 saturated heterocycles. The van der Waals surface area contributed by atoms with Crippen molar-refractivity contribution >= 4 is 39.0 Å². The number of non-ortho nitro benzene ring substituents is 1. The van der Waals surface area contributed by atoms with Crippen LogP contribution in [0.1, 0.15) is 12.0 Å². The number of nitrogens with one attached hydrogen (secondary N) is 1. The third-order valence-electron chi connectivity index (χ3n) is 4.05. The van der Waals surface area contributed by atoms with E-state index in [0.717, 1.165) is 5.56 Å². The molecule has 0 radical (unpaired) electrons. The van der Waals surface area contributed by atoms with Gasteiger partial charge in [-0.25, -0.2) is 0 Å². The Labute approximate surface area is 184 Å². The number of anilines is 1. The molecule has 0 aliphatic heterocycles. The highest BCUT2D eigenvalue weighted by molar-refractivity contribution is 9.10. The Morgan fingerprint density at radius 1 is 1.16 bits per heavy atom. The van der Waals surface area contributed by atoms with Crippen LogP contribution in [0.15, 0.2) is 53.1 Å². The van der Waals surface area contributed by atoms with E-state index in [-0.39, 0.29) is 40.4 Å². The summed E-state index contributed by atoms with van der Waals surface area (Å²) >= 11 is 3.04. The Balaban J connectivity index is 1.71. The summed E-state index contributed by atoms with van der Waals surface area (Å²) in [6, 6.07) is 11.1. The summed E-state index contributed by atoms with van der Waals surface area (Å²) in [5, 5.41) is 28.5. The maximum Gasteiger partial charge on any atom is 0.404 e. The first-order valence-electron chi connectivity index (χ1n) is 8.92. The fraction of sp³-hybridized carbons (Fsp3) is 0.158. The van der Waals surface area contributed by atoms with Crippen molar-refractivity contribution in [2.75, 3.05) is 5.32 Å². The van der Waals surface area contributed by atoms with Crippen LogP contribution in [0, 0.1) is 27.2 Å². The zero-order chi connectivity index (χ0) is 22.5. The second-order valence-electron chi connectivity index (χ2n) is 6.51. The molecule has 1 amide bonds. The highest BCUT2D eigenvalue weighted by Gasteiger charge is 2.19. The highest BCUT2D eigenvalue weighted by Crippen LogP contribution is 2.30. The summed E-state index contributed by atoms with van der Waals surface area (Å²) in [5.74, 6) is -0.0985. The van der Waals surface area contributed by atoms with Crippen molar-refractivity contribution in [2.45, 2.75) is 19.9 Å². The van der Waals surface area contributed by atoms with E-state index >= 15 is 0 Å². The number of ether oxygens (including phenoxy) is 1. The lowest BCUT2D eigenvalue weighted by atomic mass is 10.2. The minimum Gasteiger partial charge on any atom is -0.457 e. The molecule has 0 aliphatic rings. The molecule has 11 nitrogen and oxygen atoms in total. The molecule has 0 bridgehead atoms. The van der Waals surface area contributed by atoms with Crippen LogP contribution < -0.4 is 10.1 Å². The number of carbonyl (C=O) groups is 1. The normalized spacial score (nSPS) is 10.5. The van der Waals surface area contributed by atoms with Gasteiger partial charge >= 0.3 is 5.82 Å². The van der Waals surface area contributed by atoms with Crippen LogP contribution >= 0.6 is 15.9 Å². The molecule has 1 heterocycles. The Kier molecular flexibility index (Phi) is 6.60. The number of nitro groups is 2. The van der Waals surface area contributed by atoms with Crippen molar-refractivity contribution in [1.29, 1.82) is 0 Å². The molecule has 1 N–H and O–H groups in total. The number of aryl methyl sites for hydroxylation is 2. The van der Waals surface area contributed by atoms with Crippen LogP contribution in [0.3, 0.4) is 0 Å². The fourth-order valence-corrected chi connectivity index (χ4v) is 3.16. The van der Waals surface area contributed by atoms with Gasteiger partial charge in [0.25, 0.3) is 5.69 Å². The molecule has 1 aromatic heterocycles. The van der Waals surface area contributed by atoms with E-state index in [9.17, 15) is 25.0 Å². The molecule has 0 saturated carbocycles. The van der Waals surface area contributed by atoms with Gasteiger partial charge in [0.2, 0.25) is 5.91 Å². The van der Waals surface area contributed by atoms with Crippen LogP contribution in [0.5, 0.6) is 11.5 Å². The molecular weight excluding hydrogens is 474 g/mol. The van der Waals surface area contributed by atoms with Crippen molar-refractivity contribution < 1.29 is 19.4 Å². The molecule has 12 heteroatoms. The summed E-state index contributed by atoms with van der Waals surface area (Å²) in [6.45, 7) is 1.97. The van der Waals surface area contributed by atoms with Gasteiger partial charge in [-0.1, -0.05) is 12.1 Å². The van der Waals surface area contributed by atoms with Crippen molar-refractivity contribution in [3.63, 3.8) is 0 Å². The van der Waals surface area contributed by atoms with Gasteiger partial charge in [0.1, 0.15) is 16.0 Å².